The van der Waals surface area contributed by atoms with Crippen LogP contribution < -0.4 is 0 Å². The first kappa shape index (κ1) is 13.0. The van der Waals surface area contributed by atoms with E-state index in [1.54, 1.807) is 0 Å². The molecule has 0 heterocycles. The molecule has 0 nitrogen and oxygen atoms in total. The molecule has 0 heteroatoms. The van der Waals surface area contributed by atoms with Crippen LogP contribution in [0.2, 0.25) is 0 Å². The van der Waals surface area contributed by atoms with E-state index in [1.165, 1.54) is 32.1 Å². The fraction of sp³-hybridized carbons (Fsp3) is 0.500. The van der Waals surface area contributed by atoms with E-state index in [2.05, 4.69) is 55.5 Å². The number of hydrogen-bond acceptors (Lipinski definition) is 0. The van der Waals surface area contributed by atoms with E-state index >= 15 is 0 Å². The van der Waals surface area contributed by atoms with Gasteiger partial charge in [-0.25, -0.2) is 0 Å². The normalized spacial score (nSPS) is 19.8. The van der Waals surface area contributed by atoms with E-state index in [-0.39, 0.29) is 0 Å². The Morgan fingerprint density at radius 3 is 2.12 bits per heavy atom. The van der Waals surface area contributed by atoms with Crippen LogP contribution in [0.3, 0.4) is 0 Å². The predicted octanol–water partition coefficient (Wildman–Crippen LogP) is 5.20. The molecule has 0 unspecified atom stereocenters. The van der Waals surface area contributed by atoms with E-state index in [0.717, 1.165) is 12.3 Å². The van der Waals surface area contributed by atoms with Gasteiger partial charge in [0.15, 0.2) is 0 Å². The Morgan fingerprint density at radius 2 is 1.44 bits per heavy atom. The topological polar surface area (TPSA) is 0 Å². The standard InChI is InChI=1S/C16H24/c1-2-3-4-5-6-7-8-10-13-16-14-11-9-12-15-16/h3-8,10,13,16H,2,9,11-12,14-15H2,1H3/b4-3+,6-5+,8-7+,13-10+. The second kappa shape index (κ2) is 9.21. The van der Waals surface area contributed by atoms with Crippen LogP contribution >= 0.6 is 0 Å². The van der Waals surface area contributed by atoms with E-state index < -0.39 is 0 Å². The summed E-state index contributed by atoms with van der Waals surface area (Å²) in [5.41, 5.74) is 0. The zero-order valence-electron chi connectivity index (χ0n) is 10.4. The van der Waals surface area contributed by atoms with Crippen LogP contribution in [-0.2, 0) is 0 Å². The predicted molar refractivity (Wildman–Crippen MR) is 73.4 cm³/mol. The van der Waals surface area contributed by atoms with Crippen molar-refractivity contribution in [3.8, 4) is 0 Å². The molecule has 0 aromatic carbocycles. The number of hydrogen-bond donors (Lipinski definition) is 0. The zero-order chi connectivity index (χ0) is 11.5. The fourth-order valence-corrected chi connectivity index (χ4v) is 2.02. The molecular weight excluding hydrogens is 192 g/mol. The first-order valence-electron chi connectivity index (χ1n) is 6.60. The molecule has 0 atom stereocenters. The summed E-state index contributed by atoms with van der Waals surface area (Å²) in [5, 5.41) is 0. The van der Waals surface area contributed by atoms with Crippen molar-refractivity contribution in [3.05, 3.63) is 48.6 Å². The molecule has 0 aromatic rings. The lowest BCUT2D eigenvalue weighted by atomic mass is 9.89. The SMILES string of the molecule is CC/C=C/C=C/C=C/C=C/C1CCCCC1. The lowest BCUT2D eigenvalue weighted by molar-refractivity contribution is 0.419. The quantitative estimate of drug-likeness (QED) is 0.554. The van der Waals surface area contributed by atoms with Crippen molar-refractivity contribution < 1.29 is 0 Å². The Balaban J connectivity index is 2.17. The second-order valence-electron chi connectivity index (χ2n) is 4.39. The van der Waals surface area contributed by atoms with Gasteiger partial charge in [0, 0.05) is 0 Å². The summed E-state index contributed by atoms with van der Waals surface area (Å²) in [5.74, 6) is 0.836. The molecule has 1 saturated carbocycles. The van der Waals surface area contributed by atoms with Gasteiger partial charge in [0.1, 0.15) is 0 Å². The summed E-state index contributed by atoms with van der Waals surface area (Å²) in [4.78, 5) is 0. The summed E-state index contributed by atoms with van der Waals surface area (Å²) in [6.45, 7) is 2.15. The van der Waals surface area contributed by atoms with E-state index in [0.29, 0.717) is 0 Å². The molecule has 88 valence electrons. The van der Waals surface area contributed by atoms with Crippen LogP contribution in [0.1, 0.15) is 45.4 Å². The van der Waals surface area contributed by atoms with Gasteiger partial charge in [0.2, 0.25) is 0 Å². The molecule has 1 aliphatic carbocycles. The van der Waals surface area contributed by atoms with Crippen molar-refractivity contribution in [1.29, 1.82) is 0 Å². The Kier molecular flexibility index (Phi) is 7.49. The summed E-state index contributed by atoms with van der Waals surface area (Å²) >= 11 is 0. The van der Waals surface area contributed by atoms with Gasteiger partial charge in [-0.1, -0.05) is 74.8 Å². The minimum absolute atomic E-state index is 0.836. The molecule has 16 heavy (non-hydrogen) atoms. The Bertz CT molecular complexity index is 260. The highest BCUT2D eigenvalue weighted by atomic mass is 14.1. The minimum Gasteiger partial charge on any atom is -0.0848 e. The van der Waals surface area contributed by atoms with Gasteiger partial charge in [-0.15, -0.1) is 0 Å². The third-order valence-electron chi connectivity index (χ3n) is 2.96. The molecule has 1 rings (SSSR count). The molecular formula is C16H24. The van der Waals surface area contributed by atoms with Crippen molar-refractivity contribution in [1.82, 2.24) is 0 Å². The first-order valence-corrected chi connectivity index (χ1v) is 6.60. The van der Waals surface area contributed by atoms with Crippen LogP contribution in [-0.4, -0.2) is 0 Å². The van der Waals surface area contributed by atoms with Gasteiger partial charge in [-0.2, -0.15) is 0 Å². The summed E-state index contributed by atoms with van der Waals surface area (Å²) in [6.07, 6.45) is 25.4. The number of allylic oxidation sites excluding steroid dienone is 8. The van der Waals surface area contributed by atoms with Gasteiger partial charge in [0.05, 0.1) is 0 Å². The Hall–Kier alpha value is -1.04. The molecule has 0 radical (unpaired) electrons. The van der Waals surface area contributed by atoms with Crippen molar-refractivity contribution >= 4 is 0 Å². The Morgan fingerprint density at radius 1 is 0.812 bits per heavy atom. The maximum Gasteiger partial charge on any atom is -0.0230 e. The van der Waals surface area contributed by atoms with Crippen molar-refractivity contribution in [3.63, 3.8) is 0 Å². The van der Waals surface area contributed by atoms with Crippen LogP contribution in [0.4, 0.5) is 0 Å². The monoisotopic (exact) mass is 216 g/mol. The van der Waals surface area contributed by atoms with Crippen molar-refractivity contribution in [2.45, 2.75) is 45.4 Å². The van der Waals surface area contributed by atoms with Gasteiger partial charge < -0.3 is 0 Å². The summed E-state index contributed by atoms with van der Waals surface area (Å²) < 4.78 is 0. The van der Waals surface area contributed by atoms with Gasteiger partial charge in [-0.3, -0.25) is 0 Å². The third kappa shape index (κ3) is 6.44. The summed E-state index contributed by atoms with van der Waals surface area (Å²) in [7, 11) is 0. The average Bonchev–Trinajstić information content (AvgIpc) is 2.34. The van der Waals surface area contributed by atoms with Crippen LogP contribution in [0.5, 0.6) is 0 Å². The zero-order valence-corrected chi connectivity index (χ0v) is 10.4. The highest BCUT2D eigenvalue weighted by Crippen LogP contribution is 2.24. The summed E-state index contributed by atoms with van der Waals surface area (Å²) in [6, 6.07) is 0. The molecule has 0 amide bonds. The molecule has 0 N–H and O–H groups in total. The average molecular weight is 216 g/mol. The van der Waals surface area contributed by atoms with Crippen LogP contribution in [0.25, 0.3) is 0 Å². The maximum absolute atomic E-state index is 2.37. The first-order chi connectivity index (χ1) is 7.93. The van der Waals surface area contributed by atoms with Crippen LogP contribution in [0.15, 0.2) is 48.6 Å². The van der Waals surface area contributed by atoms with Gasteiger partial charge >= 0.3 is 0 Å². The van der Waals surface area contributed by atoms with E-state index in [9.17, 15) is 0 Å². The molecule has 0 saturated heterocycles. The third-order valence-corrected chi connectivity index (χ3v) is 2.96. The largest absolute Gasteiger partial charge is 0.0848 e. The van der Waals surface area contributed by atoms with Crippen LogP contribution in [0, 0.1) is 5.92 Å². The Labute approximate surface area is 100 Å². The van der Waals surface area contributed by atoms with Crippen molar-refractivity contribution in [2.24, 2.45) is 5.92 Å². The lowest BCUT2D eigenvalue weighted by Crippen LogP contribution is -2.02. The highest BCUT2D eigenvalue weighted by molar-refractivity contribution is 5.15. The van der Waals surface area contributed by atoms with E-state index in [4.69, 9.17) is 0 Å². The fourth-order valence-electron chi connectivity index (χ4n) is 2.02. The minimum atomic E-state index is 0.836. The molecule has 0 bridgehead atoms. The lowest BCUT2D eigenvalue weighted by Gasteiger charge is -2.17. The smallest absolute Gasteiger partial charge is 0.0230 e. The molecule has 0 spiro atoms. The van der Waals surface area contributed by atoms with E-state index in [1.807, 2.05) is 0 Å². The van der Waals surface area contributed by atoms with Crippen molar-refractivity contribution in [2.75, 3.05) is 0 Å². The van der Waals surface area contributed by atoms with Gasteiger partial charge in [0.25, 0.3) is 0 Å². The highest BCUT2D eigenvalue weighted by Gasteiger charge is 2.08. The second-order valence-corrected chi connectivity index (χ2v) is 4.39. The van der Waals surface area contributed by atoms with Gasteiger partial charge in [-0.05, 0) is 25.2 Å². The number of rotatable bonds is 5. The molecule has 0 aliphatic heterocycles. The molecule has 1 fully saturated rings. The molecule has 0 aromatic heterocycles. The molecule has 1 aliphatic rings. The maximum atomic E-state index is 2.37.